The second-order valence-corrected chi connectivity index (χ2v) is 7.81. The van der Waals surface area contributed by atoms with Gasteiger partial charge in [0.05, 0.1) is 12.7 Å². The number of carbonyl (C=O) groups is 3. The van der Waals surface area contributed by atoms with E-state index in [2.05, 4.69) is 5.32 Å². The molecule has 2 amide bonds. The number of nitrogens with zero attached hydrogens (tertiary/aromatic N) is 1. The second-order valence-electron chi connectivity index (χ2n) is 7.81. The fourth-order valence-electron chi connectivity index (χ4n) is 3.16. The lowest BCUT2D eigenvalue weighted by atomic mass is 10.0. The van der Waals surface area contributed by atoms with Crippen molar-refractivity contribution in [1.82, 2.24) is 10.2 Å². The van der Waals surface area contributed by atoms with Crippen molar-refractivity contribution in [2.24, 2.45) is 5.92 Å². The van der Waals surface area contributed by atoms with Gasteiger partial charge in [-0.25, -0.2) is 4.79 Å². The summed E-state index contributed by atoms with van der Waals surface area (Å²) in [7, 11) is 1.41. The maximum atomic E-state index is 12.9. The number of carboxylic acid groups (broad SMARTS) is 1. The van der Waals surface area contributed by atoms with E-state index in [0.717, 1.165) is 0 Å². The molecular formula is C21H32N2O5. The molecule has 2 N–H and O–H groups in total. The number of nitrogens with one attached hydrogen (secondary N) is 1. The number of carbonyl (C=O) groups excluding carboxylic acids is 2. The molecule has 0 aliphatic carbocycles. The van der Waals surface area contributed by atoms with Gasteiger partial charge in [0, 0.05) is 17.6 Å². The van der Waals surface area contributed by atoms with Crippen LogP contribution >= 0.6 is 0 Å². The molecule has 0 saturated carbocycles. The number of ether oxygens (including phenoxy) is 1. The average Bonchev–Trinajstić information content (AvgIpc) is 2.59. The van der Waals surface area contributed by atoms with Gasteiger partial charge in [0.15, 0.2) is 0 Å². The Labute approximate surface area is 167 Å². The van der Waals surface area contributed by atoms with Crippen LogP contribution in [0.3, 0.4) is 0 Å². The van der Waals surface area contributed by atoms with E-state index in [9.17, 15) is 19.5 Å². The van der Waals surface area contributed by atoms with Crippen LogP contribution in [0, 0.1) is 5.92 Å². The zero-order chi connectivity index (χ0) is 21.6. The number of hydrogen-bond acceptors (Lipinski definition) is 4. The van der Waals surface area contributed by atoms with Crippen LogP contribution in [0.1, 0.15) is 68.7 Å². The third-order valence-electron chi connectivity index (χ3n) is 4.35. The van der Waals surface area contributed by atoms with Crippen molar-refractivity contribution in [3.05, 3.63) is 29.3 Å². The van der Waals surface area contributed by atoms with Crippen LogP contribution < -0.4 is 10.1 Å². The van der Waals surface area contributed by atoms with Crippen molar-refractivity contribution in [3.8, 4) is 5.75 Å². The zero-order valence-corrected chi connectivity index (χ0v) is 17.8. The minimum Gasteiger partial charge on any atom is -0.496 e. The van der Waals surface area contributed by atoms with Gasteiger partial charge < -0.3 is 20.1 Å². The lowest BCUT2D eigenvalue weighted by molar-refractivity contribution is -0.139. The summed E-state index contributed by atoms with van der Waals surface area (Å²) in [6.07, 6.45) is 0.317. The van der Waals surface area contributed by atoms with Crippen LogP contribution in [-0.2, 0) is 4.79 Å². The Hall–Kier alpha value is -2.57. The van der Waals surface area contributed by atoms with Gasteiger partial charge in [-0.1, -0.05) is 13.8 Å². The molecule has 1 atom stereocenters. The maximum absolute atomic E-state index is 12.9. The first-order chi connectivity index (χ1) is 13.0. The van der Waals surface area contributed by atoms with Gasteiger partial charge in [0.25, 0.3) is 11.8 Å². The molecule has 0 radical (unpaired) electrons. The van der Waals surface area contributed by atoms with Crippen LogP contribution in [-0.4, -0.2) is 53.0 Å². The maximum Gasteiger partial charge on any atom is 0.326 e. The molecule has 0 bridgehead atoms. The Morgan fingerprint density at radius 2 is 1.64 bits per heavy atom. The summed E-state index contributed by atoms with van der Waals surface area (Å²) in [5, 5.41) is 11.9. The normalized spacial score (nSPS) is 12.2. The monoisotopic (exact) mass is 392 g/mol. The molecule has 0 saturated heterocycles. The molecule has 0 spiro atoms. The molecule has 28 heavy (non-hydrogen) atoms. The minimum atomic E-state index is -1.09. The lowest BCUT2D eigenvalue weighted by Gasteiger charge is -2.31. The standard InChI is InChI=1S/C21H32N2O5/c1-12(2)10-17(21(26)27)22-19(24)16-9-8-15(11-18(16)28-7)20(25)23(13(3)4)14(5)6/h8-9,11-14,17H,10H2,1-7H3,(H,22,24)(H,26,27)/t17-/m0/s1. The van der Waals surface area contributed by atoms with Crippen molar-refractivity contribution in [2.45, 2.75) is 66.1 Å². The molecule has 7 nitrogen and oxygen atoms in total. The summed E-state index contributed by atoms with van der Waals surface area (Å²) >= 11 is 0. The van der Waals surface area contributed by atoms with E-state index in [-0.39, 0.29) is 35.2 Å². The van der Waals surface area contributed by atoms with E-state index in [4.69, 9.17) is 4.74 Å². The number of aliphatic carboxylic acids is 1. The highest BCUT2D eigenvalue weighted by atomic mass is 16.5. The topological polar surface area (TPSA) is 95.9 Å². The smallest absolute Gasteiger partial charge is 0.326 e. The summed E-state index contributed by atoms with van der Waals surface area (Å²) in [4.78, 5) is 38.6. The van der Waals surface area contributed by atoms with Crippen LogP contribution in [0.2, 0.25) is 0 Å². The Balaban J connectivity index is 3.15. The largest absolute Gasteiger partial charge is 0.496 e. The van der Waals surface area contributed by atoms with Gasteiger partial charge in [-0.15, -0.1) is 0 Å². The third-order valence-corrected chi connectivity index (χ3v) is 4.35. The molecule has 7 heteroatoms. The molecule has 0 fully saturated rings. The number of methoxy groups -OCH3 is 1. The molecule has 1 aromatic rings. The Morgan fingerprint density at radius 1 is 1.07 bits per heavy atom. The first-order valence-corrected chi connectivity index (χ1v) is 9.53. The fraction of sp³-hybridized carbons (Fsp3) is 0.571. The molecule has 1 rings (SSSR count). The predicted molar refractivity (Wildman–Crippen MR) is 108 cm³/mol. The molecule has 0 aliphatic heterocycles. The van der Waals surface area contributed by atoms with E-state index in [1.165, 1.54) is 19.2 Å². The highest BCUT2D eigenvalue weighted by Gasteiger charge is 2.26. The third kappa shape index (κ3) is 5.97. The predicted octanol–water partition coefficient (Wildman–Crippen LogP) is 3.18. The first-order valence-electron chi connectivity index (χ1n) is 9.53. The first kappa shape index (κ1) is 23.5. The van der Waals surface area contributed by atoms with E-state index >= 15 is 0 Å². The van der Waals surface area contributed by atoms with Crippen molar-refractivity contribution in [2.75, 3.05) is 7.11 Å². The summed E-state index contributed by atoms with van der Waals surface area (Å²) in [5.41, 5.74) is 0.600. The van der Waals surface area contributed by atoms with Gasteiger partial charge >= 0.3 is 5.97 Å². The van der Waals surface area contributed by atoms with Gasteiger partial charge in [0.1, 0.15) is 11.8 Å². The van der Waals surface area contributed by atoms with Crippen molar-refractivity contribution < 1.29 is 24.2 Å². The Kier molecular flexibility index (Phi) is 8.47. The lowest BCUT2D eigenvalue weighted by Crippen LogP contribution is -2.42. The number of rotatable bonds is 9. The molecule has 156 valence electrons. The van der Waals surface area contributed by atoms with Gasteiger partial charge in [-0.2, -0.15) is 0 Å². The Bertz CT molecular complexity index is 705. The van der Waals surface area contributed by atoms with E-state index in [0.29, 0.717) is 12.0 Å². The van der Waals surface area contributed by atoms with E-state index in [1.54, 1.807) is 11.0 Å². The summed E-state index contributed by atoms with van der Waals surface area (Å²) in [6.45, 7) is 11.5. The summed E-state index contributed by atoms with van der Waals surface area (Å²) in [6, 6.07) is 3.64. The number of carboxylic acids is 1. The van der Waals surface area contributed by atoms with Crippen LogP contribution in [0.5, 0.6) is 5.75 Å². The fourth-order valence-corrected chi connectivity index (χ4v) is 3.16. The van der Waals surface area contributed by atoms with Crippen molar-refractivity contribution in [3.63, 3.8) is 0 Å². The molecular weight excluding hydrogens is 360 g/mol. The molecule has 0 unspecified atom stereocenters. The molecule has 0 aromatic heterocycles. The molecule has 0 aliphatic rings. The van der Waals surface area contributed by atoms with Crippen LogP contribution in [0.15, 0.2) is 18.2 Å². The number of hydrogen-bond donors (Lipinski definition) is 2. The summed E-state index contributed by atoms with van der Waals surface area (Å²) in [5.74, 6) is -1.45. The number of amides is 2. The zero-order valence-electron chi connectivity index (χ0n) is 17.8. The van der Waals surface area contributed by atoms with Crippen molar-refractivity contribution in [1.29, 1.82) is 0 Å². The van der Waals surface area contributed by atoms with Gasteiger partial charge in [0.2, 0.25) is 0 Å². The molecule has 0 heterocycles. The highest BCUT2D eigenvalue weighted by Crippen LogP contribution is 2.23. The SMILES string of the molecule is COc1cc(C(=O)N(C(C)C)C(C)C)ccc1C(=O)N[C@@H](CC(C)C)C(=O)O. The van der Waals surface area contributed by atoms with Crippen LogP contribution in [0.25, 0.3) is 0 Å². The minimum absolute atomic E-state index is 0.0221. The van der Waals surface area contributed by atoms with E-state index < -0.39 is 17.9 Å². The molecule has 1 aromatic carbocycles. The highest BCUT2D eigenvalue weighted by molar-refractivity contribution is 6.01. The average molecular weight is 392 g/mol. The second kappa shape index (κ2) is 10.1. The Morgan fingerprint density at radius 3 is 2.07 bits per heavy atom. The summed E-state index contributed by atoms with van der Waals surface area (Å²) < 4.78 is 5.30. The quantitative estimate of drug-likeness (QED) is 0.673. The van der Waals surface area contributed by atoms with Gasteiger partial charge in [-0.05, 0) is 58.2 Å². The van der Waals surface area contributed by atoms with Crippen LogP contribution in [0.4, 0.5) is 0 Å². The van der Waals surface area contributed by atoms with Gasteiger partial charge in [-0.3, -0.25) is 9.59 Å². The number of benzene rings is 1. The van der Waals surface area contributed by atoms with Crippen molar-refractivity contribution >= 4 is 17.8 Å². The van der Waals surface area contributed by atoms with E-state index in [1.807, 2.05) is 41.5 Å².